The van der Waals surface area contributed by atoms with Crippen LogP contribution in [0, 0.1) is 0 Å². The van der Waals surface area contributed by atoms with E-state index in [-0.39, 0.29) is 6.61 Å². The van der Waals surface area contributed by atoms with E-state index < -0.39 is 13.0 Å². The van der Waals surface area contributed by atoms with Crippen LogP contribution in [-0.4, -0.2) is 29.6 Å². The minimum Gasteiger partial charge on any atom is -0.375 e. The second-order valence-corrected chi connectivity index (χ2v) is 5.98. The van der Waals surface area contributed by atoms with Crippen LogP contribution < -0.4 is 0 Å². The molecule has 0 N–H and O–H groups in total. The van der Waals surface area contributed by atoms with Crippen molar-refractivity contribution in [3.05, 3.63) is 21.1 Å². The fraction of sp³-hybridized carbons (Fsp3) is 0.692. The number of halogens is 4. The Morgan fingerprint density at radius 2 is 2.00 bits per heavy atom. The maximum absolute atomic E-state index is 12.0. The molecule has 0 unspecified atom stereocenters. The molecule has 1 heterocycles. The van der Waals surface area contributed by atoms with Crippen molar-refractivity contribution in [1.29, 1.82) is 0 Å². The van der Waals surface area contributed by atoms with E-state index in [2.05, 4.69) is 25.9 Å². The van der Waals surface area contributed by atoms with Gasteiger partial charge in [-0.2, -0.15) is 0 Å². The first-order valence-corrected chi connectivity index (χ1v) is 7.82. The third-order valence-corrected chi connectivity index (χ3v) is 4.62. The molecule has 2 rings (SSSR count). The van der Waals surface area contributed by atoms with Crippen LogP contribution in [0.15, 0.2) is 4.47 Å². The van der Waals surface area contributed by atoms with Gasteiger partial charge in [-0.3, -0.25) is 0 Å². The largest absolute Gasteiger partial charge is 0.375 e. The molecule has 0 radical (unpaired) electrons. The van der Waals surface area contributed by atoms with Gasteiger partial charge < -0.3 is 4.74 Å². The molecule has 0 saturated heterocycles. The number of hydrogen-bond acceptors (Lipinski definition) is 3. The molecule has 20 heavy (non-hydrogen) atoms. The van der Waals surface area contributed by atoms with Gasteiger partial charge in [0.05, 0.1) is 16.8 Å². The number of hydrogen-bond donors (Lipinski definition) is 0. The highest BCUT2D eigenvalue weighted by Crippen LogP contribution is 2.38. The van der Waals surface area contributed by atoms with E-state index in [9.17, 15) is 8.78 Å². The number of alkyl halides is 2. The van der Waals surface area contributed by atoms with Gasteiger partial charge in [0, 0.05) is 12.3 Å². The van der Waals surface area contributed by atoms with Gasteiger partial charge in [-0.05, 0) is 28.8 Å². The molecule has 7 heteroatoms. The average Bonchev–Trinajstić information content (AvgIpc) is 2.92. The van der Waals surface area contributed by atoms with Crippen LogP contribution in [0.4, 0.5) is 8.78 Å². The van der Waals surface area contributed by atoms with Crippen molar-refractivity contribution >= 4 is 27.5 Å². The molecule has 1 aliphatic carbocycles. The van der Waals surface area contributed by atoms with Gasteiger partial charge in [-0.1, -0.05) is 24.4 Å². The second kappa shape index (κ2) is 7.61. The highest BCUT2D eigenvalue weighted by molar-refractivity contribution is 9.10. The Labute approximate surface area is 130 Å². The lowest BCUT2D eigenvalue weighted by atomic mass is 10.0. The van der Waals surface area contributed by atoms with Crippen molar-refractivity contribution in [2.45, 2.75) is 44.4 Å². The highest BCUT2D eigenvalue weighted by Gasteiger charge is 2.23. The van der Waals surface area contributed by atoms with Crippen molar-refractivity contribution < 1.29 is 13.5 Å². The summed E-state index contributed by atoms with van der Waals surface area (Å²) in [4.78, 5) is 8.68. The molecule has 0 atom stereocenters. The zero-order valence-electron chi connectivity index (χ0n) is 10.9. The van der Waals surface area contributed by atoms with Crippen LogP contribution in [-0.2, 0) is 11.2 Å². The Balaban J connectivity index is 2.02. The van der Waals surface area contributed by atoms with Gasteiger partial charge in [-0.15, -0.1) is 0 Å². The van der Waals surface area contributed by atoms with Crippen LogP contribution in [0.1, 0.15) is 43.1 Å². The fourth-order valence-electron chi connectivity index (χ4n) is 2.40. The molecule has 0 aliphatic heterocycles. The molecule has 3 nitrogen and oxygen atoms in total. The first-order valence-electron chi connectivity index (χ1n) is 6.65. The molecule has 0 amide bonds. The van der Waals surface area contributed by atoms with Gasteiger partial charge in [-0.25, -0.2) is 18.7 Å². The SMILES string of the molecule is FC(F)COCCc1nc(Cl)c(Br)c(C2CCCC2)n1. The summed E-state index contributed by atoms with van der Waals surface area (Å²) in [5.41, 5.74) is 0.936. The van der Waals surface area contributed by atoms with Crippen molar-refractivity contribution in [3.8, 4) is 0 Å². The van der Waals surface area contributed by atoms with Crippen LogP contribution in [0.2, 0.25) is 5.15 Å². The quantitative estimate of drug-likeness (QED) is 0.551. The summed E-state index contributed by atoms with van der Waals surface area (Å²) in [6.45, 7) is -0.383. The van der Waals surface area contributed by atoms with Crippen LogP contribution in [0.5, 0.6) is 0 Å². The first kappa shape index (κ1) is 16.0. The summed E-state index contributed by atoms with van der Waals surface area (Å²) in [5, 5.41) is 0.380. The number of rotatable bonds is 6. The van der Waals surface area contributed by atoms with Crippen molar-refractivity contribution in [2.24, 2.45) is 0 Å². The lowest BCUT2D eigenvalue weighted by Gasteiger charge is -2.13. The Hall–Kier alpha value is -0.330. The third-order valence-electron chi connectivity index (χ3n) is 3.34. The van der Waals surface area contributed by atoms with Crippen molar-refractivity contribution in [3.63, 3.8) is 0 Å². The van der Waals surface area contributed by atoms with E-state index in [0.717, 1.165) is 23.0 Å². The predicted molar refractivity (Wildman–Crippen MR) is 76.5 cm³/mol. The molecule has 1 aromatic heterocycles. The number of ether oxygens (including phenoxy) is 1. The molecule has 1 aromatic rings. The maximum Gasteiger partial charge on any atom is 0.261 e. The first-order chi connectivity index (χ1) is 9.58. The Bertz CT molecular complexity index is 456. The summed E-state index contributed by atoms with van der Waals surface area (Å²) in [6.07, 6.45) is 2.55. The van der Waals surface area contributed by atoms with Crippen LogP contribution in [0.25, 0.3) is 0 Å². The molecule has 1 fully saturated rings. The van der Waals surface area contributed by atoms with E-state index in [1.807, 2.05) is 0 Å². The summed E-state index contributed by atoms with van der Waals surface area (Å²) in [5.74, 6) is 0.958. The minimum atomic E-state index is -2.45. The number of nitrogens with zero attached hydrogens (tertiary/aromatic N) is 2. The zero-order chi connectivity index (χ0) is 14.5. The van der Waals surface area contributed by atoms with Gasteiger partial charge >= 0.3 is 0 Å². The van der Waals surface area contributed by atoms with Crippen molar-refractivity contribution in [2.75, 3.05) is 13.2 Å². The molecule has 0 bridgehead atoms. The predicted octanol–water partition coefficient (Wildman–Crippen LogP) is 4.37. The molecular weight excluding hydrogens is 354 g/mol. The Morgan fingerprint density at radius 1 is 1.30 bits per heavy atom. The van der Waals surface area contributed by atoms with E-state index in [4.69, 9.17) is 16.3 Å². The van der Waals surface area contributed by atoms with Gasteiger partial charge in [0.15, 0.2) is 0 Å². The molecule has 1 saturated carbocycles. The van der Waals surface area contributed by atoms with E-state index in [0.29, 0.717) is 23.3 Å². The van der Waals surface area contributed by atoms with E-state index in [1.54, 1.807) is 0 Å². The summed E-state index contributed by atoms with van der Waals surface area (Å²) < 4.78 is 29.5. The van der Waals surface area contributed by atoms with E-state index in [1.165, 1.54) is 12.8 Å². The highest BCUT2D eigenvalue weighted by atomic mass is 79.9. The van der Waals surface area contributed by atoms with Gasteiger partial charge in [0.25, 0.3) is 6.43 Å². The molecular formula is C13H16BrClF2N2O. The summed E-state index contributed by atoms with van der Waals surface area (Å²) >= 11 is 9.54. The lowest BCUT2D eigenvalue weighted by molar-refractivity contribution is 0.0182. The summed E-state index contributed by atoms with van der Waals surface area (Å²) in [7, 11) is 0. The maximum atomic E-state index is 12.0. The third kappa shape index (κ3) is 4.33. The smallest absolute Gasteiger partial charge is 0.261 e. The van der Waals surface area contributed by atoms with Crippen molar-refractivity contribution in [1.82, 2.24) is 9.97 Å². The summed E-state index contributed by atoms with van der Waals surface area (Å²) in [6, 6.07) is 0. The monoisotopic (exact) mass is 368 g/mol. The topological polar surface area (TPSA) is 35.0 Å². The second-order valence-electron chi connectivity index (χ2n) is 4.83. The fourth-order valence-corrected chi connectivity index (χ4v) is 3.09. The molecule has 0 spiro atoms. The zero-order valence-corrected chi connectivity index (χ0v) is 13.3. The van der Waals surface area contributed by atoms with E-state index >= 15 is 0 Å². The molecule has 0 aromatic carbocycles. The normalized spacial score (nSPS) is 16.2. The molecule has 112 valence electrons. The lowest BCUT2D eigenvalue weighted by Crippen LogP contribution is -2.10. The van der Waals surface area contributed by atoms with Crippen LogP contribution >= 0.6 is 27.5 Å². The minimum absolute atomic E-state index is 0.173. The van der Waals surface area contributed by atoms with Gasteiger partial charge in [0.2, 0.25) is 0 Å². The Kier molecular flexibility index (Phi) is 6.11. The van der Waals surface area contributed by atoms with Crippen LogP contribution in [0.3, 0.4) is 0 Å². The standard InChI is InChI=1S/C13H16BrClF2N2O/c14-11-12(8-3-1-2-4-8)18-10(19-13(11)15)5-6-20-7-9(16)17/h8-9H,1-7H2. The Morgan fingerprint density at radius 3 is 2.65 bits per heavy atom. The average molecular weight is 370 g/mol. The number of aromatic nitrogens is 2. The molecule has 1 aliphatic rings. The van der Waals surface area contributed by atoms with Gasteiger partial charge in [0.1, 0.15) is 17.6 Å².